The van der Waals surface area contributed by atoms with Crippen molar-refractivity contribution in [3.05, 3.63) is 0 Å². The van der Waals surface area contributed by atoms with Gasteiger partial charge >= 0.3 is 0 Å². The second-order valence-corrected chi connectivity index (χ2v) is 4.45. The average Bonchev–Trinajstić information content (AvgIpc) is 1.91. The van der Waals surface area contributed by atoms with Crippen molar-refractivity contribution in [3.63, 3.8) is 0 Å². The van der Waals surface area contributed by atoms with Crippen LogP contribution in [-0.2, 0) is 0 Å². The monoisotopic (exact) mass is 270 g/mol. The molecule has 0 nitrogen and oxygen atoms in total. The number of rotatable bonds is 5. The predicted molar refractivity (Wildman–Crippen MR) is 55.2 cm³/mol. The van der Waals surface area contributed by atoms with Gasteiger partial charge in [-0.2, -0.15) is 0 Å². The molecule has 0 aromatic rings. The molecule has 0 aliphatic rings. The molecule has 0 heterocycles. The summed E-state index contributed by atoms with van der Waals surface area (Å²) in [6.45, 7) is 4.48. The zero-order valence-electron chi connectivity index (χ0n) is 6.74. The topological polar surface area (TPSA) is 0 Å². The average molecular weight is 272 g/mol. The highest BCUT2D eigenvalue weighted by Gasteiger charge is 2.13. The van der Waals surface area contributed by atoms with Crippen LogP contribution in [0.1, 0.15) is 33.1 Å². The Kier molecular flexibility index (Phi) is 7.30. The van der Waals surface area contributed by atoms with Gasteiger partial charge in [0.25, 0.3) is 0 Å². The summed E-state index contributed by atoms with van der Waals surface area (Å²) in [5.74, 6) is 0.806. The van der Waals surface area contributed by atoms with Crippen LogP contribution in [0.4, 0.5) is 0 Å². The van der Waals surface area contributed by atoms with Crippen LogP contribution in [0.2, 0.25) is 0 Å². The molecule has 2 heteroatoms. The number of hydrogen-bond acceptors (Lipinski definition) is 0. The molecule has 62 valence electrons. The molecule has 10 heavy (non-hydrogen) atoms. The van der Waals surface area contributed by atoms with E-state index in [4.69, 9.17) is 0 Å². The Morgan fingerprint density at radius 1 is 1.30 bits per heavy atom. The van der Waals surface area contributed by atoms with Gasteiger partial charge in [-0.05, 0) is 12.3 Å². The van der Waals surface area contributed by atoms with Crippen LogP contribution in [-0.4, -0.2) is 10.2 Å². The highest BCUT2D eigenvalue weighted by molar-refractivity contribution is 9.10. The number of halogens is 2. The fourth-order valence-electron chi connectivity index (χ4n) is 0.973. The first-order valence-corrected chi connectivity index (χ1v) is 5.99. The van der Waals surface area contributed by atoms with Crippen LogP contribution < -0.4 is 0 Å². The van der Waals surface area contributed by atoms with E-state index >= 15 is 0 Å². The Hall–Kier alpha value is 0.960. The molecule has 0 saturated heterocycles. The van der Waals surface area contributed by atoms with E-state index < -0.39 is 0 Å². The molecule has 0 radical (unpaired) electrons. The van der Waals surface area contributed by atoms with Gasteiger partial charge < -0.3 is 0 Å². The van der Waals surface area contributed by atoms with E-state index in [1.54, 1.807) is 0 Å². The molecule has 2 unspecified atom stereocenters. The highest BCUT2D eigenvalue weighted by atomic mass is 79.9. The molecule has 0 fully saturated rings. The van der Waals surface area contributed by atoms with Crippen molar-refractivity contribution in [2.24, 2.45) is 5.92 Å². The van der Waals surface area contributed by atoms with E-state index in [0.717, 1.165) is 11.2 Å². The quantitative estimate of drug-likeness (QED) is 0.664. The lowest BCUT2D eigenvalue weighted by molar-refractivity contribution is 0.524. The Morgan fingerprint density at radius 3 is 2.20 bits per heavy atom. The van der Waals surface area contributed by atoms with Gasteiger partial charge in [0.1, 0.15) is 0 Å². The summed E-state index contributed by atoms with van der Waals surface area (Å²) in [4.78, 5) is 0.710. The highest BCUT2D eigenvalue weighted by Crippen LogP contribution is 2.22. The first-order valence-electron chi connectivity index (χ1n) is 3.96. The van der Waals surface area contributed by atoms with Crippen molar-refractivity contribution in [1.82, 2.24) is 0 Å². The standard InChI is InChI=1S/C8H16Br2/c1-3-5-8(10)7(4-2)6-9/h7-8H,3-6H2,1-2H3. The minimum Gasteiger partial charge on any atom is -0.0925 e. The molecule has 2 atom stereocenters. The van der Waals surface area contributed by atoms with Crippen LogP contribution in [0, 0.1) is 5.92 Å². The fraction of sp³-hybridized carbons (Fsp3) is 1.00. The molecule has 0 spiro atoms. The van der Waals surface area contributed by atoms with Crippen LogP contribution in [0.3, 0.4) is 0 Å². The third kappa shape index (κ3) is 3.97. The maximum atomic E-state index is 3.69. The molecular formula is C8H16Br2. The van der Waals surface area contributed by atoms with Gasteiger partial charge in [-0.15, -0.1) is 0 Å². The van der Waals surface area contributed by atoms with Gasteiger partial charge in [0.15, 0.2) is 0 Å². The third-order valence-electron chi connectivity index (χ3n) is 1.80. The Bertz CT molecular complexity index is 69.7. The van der Waals surface area contributed by atoms with Gasteiger partial charge in [-0.3, -0.25) is 0 Å². The SMILES string of the molecule is CCCC(Br)C(CC)CBr. The normalized spacial score (nSPS) is 16.8. The minimum atomic E-state index is 0.710. The van der Waals surface area contributed by atoms with Crippen molar-refractivity contribution in [2.75, 3.05) is 5.33 Å². The number of hydrogen-bond donors (Lipinski definition) is 0. The maximum absolute atomic E-state index is 3.69. The maximum Gasteiger partial charge on any atom is 0.0181 e. The van der Waals surface area contributed by atoms with Crippen LogP contribution in [0.5, 0.6) is 0 Å². The molecule has 0 aliphatic carbocycles. The second-order valence-electron chi connectivity index (χ2n) is 2.63. The summed E-state index contributed by atoms with van der Waals surface area (Å²) in [6.07, 6.45) is 3.84. The van der Waals surface area contributed by atoms with Crippen molar-refractivity contribution >= 4 is 31.9 Å². The lowest BCUT2D eigenvalue weighted by Gasteiger charge is -2.17. The minimum absolute atomic E-state index is 0.710. The summed E-state index contributed by atoms with van der Waals surface area (Å²) in [7, 11) is 0. The van der Waals surface area contributed by atoms with E-state index in [0.29, 0.717) is 4.83 Å². The molecule has 0 saturated carbocycles. The zero-order chi connectivity index (χ0) is 7.98. The first kappa shape index (κ1) is 11.0. The van der Waals surface area contributed by atoms with E-state index in [1.165, 1.54) is 19.3 Å². The summed E-state index contributed by atoms with van der Waals surface area (Å²) in [5, 5.41) is 1.12. The van der Waals surface area contributed by atoms with Crippen LogP contribution in [0.25, 0.3) is 0 Å². The van der Waals surface area contributed by atoms with E-state index in [-0.39, 0.29) is 0 Å². The predicted octanol–water partition coefficient (Wildman–Crippen LogP) is 3.97. The molecule has 0 amide bonds. The molecule has 0 bridgehead atoms. The molecule has 0 aromatic heterocycles. The van der Waals surface area contributed by atoms with E-state index in [2.05, 4.69) is 45.7 Å². The van der Waals surface area contributed by atoms with Gasteiger partial charge in [0, 0.05) is 10.2 Å². The Balaban J connectivity index is 3.53. The molecule has 0 aliphatic heterocycles. The lowest BCUT2D eigenvalue weighted by Crippen LogP contribution is -2.14. The summed E-state index contributed by atoms with van der Waals surface area (Å²) < 4.78 is 0. The fourth-order valence-corrected chi connectivity index (χ4v) is 3.40. The molecule has 0 aromatic carbocycles. The van der Waals surface area contributed by atoms with Gasteiger partial charge in [0.2, 0.25) is 0 Å². The lowest BCUT2D eigenvalue weighted by atomic mass is 10.0. The zero-order valence-corrected chi connectivity index (χ0v) is 9.91. The van der Waals surface area contributed by atoms with Crippen molar-refractivity contribution in [3.8, 4) is 0 Å². The smallest absolute Gasteiger partial charge is 0.0181 e. The summed E-state index contributed by atoms with van der Waals surface area (Å²) >= 11 is 7.21. The van der Waals surface area contributed by atoms with E-state index in [9.17, 15) is 0 Å². The molecule has 0 rings (SSSR count). The Labute approximate surface area is 81.0 Å². The van der Waals surface area contributed by atoms with Crippen molar-refractivity contribution in [2.45, 2.75) is 37.9 Å². The van der Waals surface area contributed by atoms with E-state index in [1.807, 2.05) is 0 Å². The van der Waals surface area contributed by atoms with Crippen molar-refractivity contribution < 1.29 is 0 Å². The third-order valence-corrected chi connectivity index (χ3v) is 3.84. The first-order chi connectivity index (χ1) is 4.76. The second kappa shape index (κ2) is 6.66. The van der Waals surface area contributed by atoms with Crippen LogP contribution in [0.15, 0.2) is 0 Å². The molecule has 0 N–H and O–H groups in total. The number of alkyl halides is 2. The van der Waals surface area contributed by atoms with Crippen LogP contribution >= 0.6 is 31.9 Å². The van der Waals surface area contributed by atoms with Gasteiger partial charge in [0.05, 0.1) is 0 Å². The molecular weight excluding hydrogens is 256 g/mol. The summed E-state index contributed by atoms with van der Waals surface area (Å²) in [5.41, 5.74) is 0. The van der Waals surface area contributed by atoms with Crippen molar-refractivity contribution in [1.29, 1.82) is 0 Å². The van der Waals surface area contributed by atoms with Gasteiger partial charge in [-0.1, -0.05) is 58.5 Å². The Morgan fingerprint density at radius 2 is 1.90 bits per heavy atom. The van der Waals surface area contributed by atoms with Gasteiger partial charge in [-0.25, -0.2) is 0 Å². The summed E-state index contributed by atoms with van der Waals surface area (Å²) in [6, 6.07) is 0. The largest absolute Gasteiger partial charge is 0.0925 e.